The number of amides is 1. The van der Waals surface area contributed by atoms with Gasteiger partial charge in [-0.3, -0.25) is 4.79 Å². The van der Waals surface area contributed by atoms with E-state index in [0.717, 1.165) is 11.3 Å². The molecule has 3 aromatic rings. The average Bonchev–Trinajstić information content (AvgIpc) is 2.97. The molecule has 3 rings (SSSR count). The number of carbonyl (C=O) groups excluding carboxylic acids is 1. The molecule has 20 heavy (non-hydrogen) atoms. The zero-order valence-electron chi connectivity index (χ0n) is 11.3. The molecule has 0 radical (unpaired) electrons. The van der Waals surface area contributed by atoms with Crippen LogP contribution in [-0.4, -0.2) is 25.7 Å². The van der Waals surface area contributed by atoms with Gasteiger partial charge in [0.2, 0.25) is 9.97 Å². The highest BCUT2D eigenvalue weighted by atomic mass is 32.1. The van der Waals surface area contributed by atoms with E-state index >= 15 is 0 Å². The van der Waals surface area contributed by atoms with E-state index in [2.05, 4.69) is 20.6 Å². The van der Waals surface area contributed by atoms with Crippen molar-refractivity contribution >= 4 is 27.9 Å². The number of rotatable bonds is 2. The van der Waals surface area contributed by atoms with Gasteiger partial charge in [-0.25, -0.2) is 0 Å². The molecule has 1 amide bonds. The molecule has 0 saturated heterocycles. The number of hydrogen-bond donors (Lipinski definition) is 1. The Morgan fingerprint density at radius 2 is 2.00 bits per heavy atom. The van der Waals surface area contributed by atoms with Crippen LogP contribution in [0.4, 0.5) is 5.69 Å². The third kappa shape index (κ3) is 2.16. The zero-order chi connectivity index (χ0) is 14.3. The van der Waals surface area contributed by atoms with Crippen molar-refractivity contribution in [3.8, 4) is 0 Å². The van der Waals surface area contributed by atoms with Crippen LogP contribution in [0.25, 0.3) is 4.96 Å². The highest BCUT2D eigenvalue weighted by Gasteiger charge is 2.15. The minimum absolute atomic E-state index is 0.233. The van der Waals surface area contributed by atoms with Gasteiger partial charge in [-0.1, -0.05) is 17.4 Å². The molecule has 102 valence electrons. The summed E-state index contributed by atoms with van der Waals surface area (Å²) >= 11 is 1.22. The summed E-state index contributed by atoms with van der Waals surface area (Å²) in [5.41, 5.74) is 3.09. The number of benzene rings is 1. The molecule has 2 heterocycles. The fraction of sp³-hybridized carbons (Fsp3) is 0.231. The van der Waals surface area contributed by atoms with Crippen molar-refractivity contribution in [2.75, 3.05) is 5.32 Å². The van der Waals surface area contributed by atoms with Crippen LogP contribution in [0.15, 0.2) is 18.2 Å². The fourth-order valence-electron chi connectivity index (χ4n) is 1.81. The molecule has 0 aliphatic carbocycles. The van der Waals surface area contributed by atoms with Gasteiger partial charge in [0.1, 0.15) is 0 Å². The van der Waals surface area contributed by atoms with E-state index in [1.165, 1.54) is 16.9 Å². The molecular formula is C13H13N5OS. The van der Waals surface area contributed by atoms with E-state index in [1.54, 1.807) is 11.4 Å². The number of aryl methyl sites for hydroxylation is 3. The van der Waals surface area contributed by atoms with Gasteiger partial charge in [0, 0.05) is 5.69 Å². The lowest BCUT2D eigenvalue weighted by Crippen LogP contribution is -2.12. The third-order valence-electron chi connectivity index (χ3n) is 3.11. The lowest BCUT2D eigenvalue weighted by Gasteiger charge is -2.05. The van der Waals surface area contributed by atoms with Crippen molar-refractivity contribution in [2.24, 2.45) is 0 Å². The number of anilines is 1. The Bertz CT molecular complexity index is 804. The Morgan fingerprint density at radius 3 is 2.70 bits per heavy atom. The molecule has 0 aliphatic rings. The summed E-state index contributed by atoms with van der Waals surface area (Å²) in [4.78, 5) is 12.8. The topological polar surface area (TPSA) is 72.2 Å². The second kappa shape index (κ2) is 4.68. The van der Waals surface area contributed by atoms with Crippen molar-refractivity contribution in [1.29, 1.82) is 0 Å². The van der Waals surface area contributed by atoms with E-state index in [-0.39, 0.29) is 5.91 Å². The molecule has 0 spiro atoms. The smallest absolute Gasteiger partial charge is 0.286 e. The van der Waals surface area contributed by atoms with Gasteiger partial charge in [0.25, 0.3) is 5.91 Å². The second-order valence-electron chi connectivity index (χ2n) is 4.60. The van der Waals surface area contributed by atoms with Crippen LogP contribution in [0.5, 0.6) is 0 Å². The van der Waals surface area contributed by atoms with Crippen LogP contribution in [0.3, 0.4) is 0 Å². The van der Waals surface area contributed by atoms with Crippen LogP contribution in [0.1, 0.15) is 26.8 Å². The number of fused-ring (bicyclic) bond motifs is 1. The fourth-order valence-corrected chi connectivity index (χ4v) is 2.59. The van der Waals surface area contributed by atoms with E-state index in [1.807, 2.05) is 32.0 Å². The van der Waals surface area contributed by atoms with Crippen molar-refractivity contribution < 1.29 is 4.79 Å². The van der Waals surface area contributed by atoms with Crippen molar-refractivity contribution in [3.05, 3.63) is 40.2 Å². The first-order chi connectivity index (χ1) is 9.54. The predicted molar refractivity (Wildman–Crippen MR) is 77.3 cm³/mol. The summed E-state index contributed by atoms with van der Waals surface area (Å²) in [6.07, 6.45) is 0. The van der Waals surface area contributed by atoms with Crippen molar-refractivity contribution in [3.63, 3.8) is 0 Å². The first-order valence-corrected chi connectivity index (χ1v) is 6.93. The van der Waals surface area contributed by atoms with E-state index in [0.29, 0.717) is 15.8 Å². The first kappa shape index (κ1) is 12.7. The number of hydrogen-bond acceptors (Lipinski definition) is 5. The maximum atomic E-state index is 12.2. The van der Waals surface area contributed by atoms with Crippen molar-refractivity contribution in [2.45, 2.75) is 20.8 Å². The molecule has 0 bridgehead atoms. The largest absolute Gasteiger partial charge is 0.320 e. The minimum atomic E-state index is -0.233. The van der Waals surface area contributed by atoms with E-state index < -0.39 is 0 Å². The highest BCUT2D eigenvalue weighted by molar-refractivity contribution is 7.18. The Morgan fingerprint density at radius 1 is 1.20 bits per heavy atom. The minimum Gasteiger partial charge on any atom is -0.320 e. The summed E-state index contributed by atoms with van der Waals surface area (Å²) in [5, 5.41) is 15.3. The Kier molecular flexibility index (Phi) is 2.98. The second-order valence-corrected chi connectivity index (χ2v) is 5.56. The molecule has 0 fully saturated rings. The predicted octanol–water partition coefficient (Wildman–Crippen LogP) is 2.36. The Labute approximate surface area is 119 Å². The molecular weight excluding hydrogens is 274 g/mol. The van der Waals surface area contributed by atoms with Gasteiger partial charge < -0.3 is 5.32 Å². The highest BCUT2D eigenvalue weighted by Crippen LogP contribution is 2.18. The van der Waals surface area contributed by atoms with Crippen molar-refractivity contribution in [1.82, 2.24) is 19.8 Å². The molecule has 0 aliphatic heterocycles. The molecule has 0 unspecified atom stereocenters. The maximum Gasteiger partial charge on any atom is 0.286 e. The normalized spacial score (nSPS) is 10.9. The maximum absolute atomic E-state index is 12.2. The third-order valence-corrected chi connectivity index (χ3v) is 4.00. The van der Waals surface area contributed by atoms with E-state index in [9.17, 15) is 4.79 Å². The quantitative estimate of drug-likeness (QED) is 0.785. The zero-order valence-corrected chi connectivity index (χ0v) is 12.2. The first-order valence-electron chi connectivity index (χ1n) is 6.12. The Balaban J connectivity index is 1.86. The summed E-state index contributed by atoms with van der Waals surface area (Å²) in [5.74, 6) is 0.435. The SMILES string of the molecule is Cc1ccc(NC(=O)c2nn3c(C)nnc3s2)cc1C. The average molecular weight is 287 g/mol. The summed E-state index contributed by atoms with van der Waals surface area (Å²) in [7, 11) is 0. The summed E-state index contributed by atoms with van der Waals surface area (Å²) in [6, 6.07) is 5.80. The van der Waals surface area contributed by atoms with Crippen LogP contribution in [0, 0.1) is 20.8 Å². The van der Waals surface area contributed by atoms with Crippen LogP contribution in [0.2, 0.25) is 0 Å². The summed E-state index contributed by atoms with van der Waals surface area (Å²) < 4.78 is 1.57. The molecule has 1 N–H and O–H groups in total. The van der Waals surface area contributed by atoms with Gasteiger partial charge in [0.05, 0.1) is 0 Å². The van der Waals surface area contributed by atoms with Gasteiger partial charge in [-0.15, -0.1) is 15.3 Å². The lowest BCUT2D eigenvalue weighted by molar-refractivity contribution is 0.102. The molecule has 1 aromatic carbocycles. The molecule has 6 nitrogen and oxygen atoms in total. The Hall–Kier alpha value is -2.28. The van der Waals surface area contributed by atoms with Gasteiger partial charge in [-0.05, 0) is 44.0 Å². The van der Waals surface area contributed by atoms with E-state index in [4.69, 9.17) is 0 Å². The number of nitrogens with one attached hydrogen (secondary N) is 1. The molecule has 0 atom stereocenters. The standard InChI is InChI=1S/C13H13N5OS/c1-7-4-5-10(6-8(7)2)14-11(19)12-17-18-9(3)15-16-13(18)20-12/h4-6H,1-3H3,(H,14,19). The lowest BCUT2D eigenvalue weighted by atomic mass is 10.1. The number of aromatic nitrogens is 4. The van der Waals surface area contributed by atoms with Crippen LogP contribution in [-0.2, 0) is 0 Å². The molecule has 7 heteroatoms. The molecule has 2 aromatic heterocycles. The monoisotopic (exact) mass is 287 g/mol. The van der Waals surface area contributed by atoms with Gasteiger partial charge >= 0.3 is 0 Å². The summed E-state index contributed by atoms with van der Waals surface area (Å²) in [6.45, 7) is 5.84. The number of nitrogens with zero attached hydrogens (tertiary/aromatic N) is 4. The van der Waals surface area contributed by atoms with Gasteiger partial charge in [0.15, 0.2) is 5.82 Å². The molecule has 0 saturated carbocycles. The van der Waals surface area contributed by atoms with Crippen LogP contribution < -0.4 is 5.32 Å². The van der Waals surface area contributed by atoms with Gasteiger partial charge in [-0.2, -0.15) is 4.52 Å². The number of carbonyl (C=O) groups is 1. The van der Waals surface area contributed by atoms with Crippen LogP contribution >= 0.6 is 11.3 Å².